The molecule has 1 aliphatic rings. The van der Waals surface area contributed by atoms with Gasteiger partial charge in [0.1, 0.15) is 0 Å². The largest absolute Gasteiger partial charge is 0.399 e. The summed E-state index contributed by atoms with van der Waals surface area (Å²) in [4.78, 5) is 0.866. The van der Waals surface area contributed by atoms with E-state index in [4.69, 9.17) is 5.73 Å². The zero-order chi connectivity index (χ0) is 9.97. The fourth-order valence-electron chi connectivity index (χ4n) is 1.45. The van der Waals surface area contributed by atoms with Gasteiger partial charge in [-0.2, -0.15) is 0 Å². The van der Waals surface area contributed by atoms with Crippen molar-refractivity contribution in [1.29, 1.82) is 0 Å². The molecule has 0 radical (unpaired) electrons. The maximum absolute atomic E-state index is 11.8. The lowest BCUT2D eigenvalue weighted by Gasteiger charge is -2.02. The number of benzene rings is 1. The van der Waals surface area contributed by atoms with Crippen LogP contribution in [0.5, 0.6) is 0 Å². The van der Waals surface area contributed by atoms with Crippen molar-refractivity contribution >= 4 is 16.5 Å². The van der Waals surface area contributed by atoms with Crippen LogP contribution in [-0.4, -0.2) is 9.96 Å². The summed E-state index contributed by atoms with van der Waals surface area (Å²) in [5.41, 5.74) is 6.33. The molecule has 3 heteroatoms. The molecule has 0 aromatic heterocycles. The second-order valence-corrected chi connectivity index (χ2v) is 5.42. The summed E-state index contributed by atoms with van der Waals surface area (Å²) in [5, 5.41) is 0. The van der Waals surface area contributed by atoms with Gasteiger partial charge in [-0.3, -0.25) is 4.21 Å². The third kappa shape index (κ3) is 2.58. The fourth-order valence-corrected chi connectivity index (χ4v) is 2.74. The second-order valence-electron chi connectivity index (χ2n) is 3.85. The molecule has 0 aliphatic heterocycles. The Kier molecular flexibility index (Phi) is 2.87. The van der Waals surface area contributed by atoms with E-state index >= 15 is 0 Å². The molecule has 76 valence electrons. The van der Waals surface area contributed by atoms with Crippen LogP contribution in [0.3, 0.4) is 0 Å². The van der Waals surface area contributed by atoms with E-state index in [0.717, 1.165) is 23.0 Å². The van der Waals surface area contributed by atoms with Crippen LogP contribution in [0.1, 0.15) is 19.3 Å². The molecule has 1 fully saturated rings. The average molecular weight is 209 g/mol. The van der Waals surface area contributed by atoms with Crippen molar-refractivity contribution in [2.75, 3.05) is 11.5 Å². The maximum atomic E-state index is 11.8. The van der Waals surface area contributed by atoms with E-state index in [1.165, 1.54) is 12.8 Å². The van der Waals surface area contributed by atoms with Gasteiger partial charge in [0, 0.05) is 16.3 Å². The molecule has 2 rings (SSSR count). The van der Waals surface area contributed by atoms with Crippen LogP contribution in [0.15, 0.2) is 29.2 Å². The van der Waals surface area contributed by atoms with Crippen molar-refractivity contribution in [2.45, 2.75) is 24.2 Å². The van der Waals surface area contributed by atoms with Gasteiger partial charge in [-0.15, -0.1) is 0 Å². The smallest absolute Gasteiger partial charge is 0.0530 e. The summed E-state index contributed by atoms with van der Waals surface area (Å²) in [6, 6.07) is 7.38. The predicted octanol–water partition coefficient (Wildman–Crippen LogP) is 2.18. The van der Waals surface area contributed by atoms with Crippen LogP contribution < -0.4 is 5.73 Å². The van der Waals surface area contributed by atoms with E-state index in [2.05, 4.69) is 0 Å². The molecule has 0 bridgehead atoms. The van der Waals surface area contributed by atoms with Crippen molar-refractivity contribution < 1.29 is 4.21 Å². The number of rotatable bonds is 4. The highest BCUT2D eigenvalue weighted by Gasteiger charge is 2.21. The molecule has 1 unspecified atom stereocenters. The summed E-state index contributed by atoms with van der Waals surface area (Å²) < 4.78 is 11.8. The van der Waals surface area contributed by atoms with E-state index in [1.54, 1.807) is 0 Å². The van der Waals surface area contributed by atoms with Crippen molar-refractivity contribution in [2.24, 2.45) is 5.92 Å². The molecule has 1 aromatic carbocycles. The monoisotopic (exact) mass is 209 g/mol. The molecular weight excluding hydrogens is 194 g/mol. The SMILES string of the molecule is Nc1cccc(S(=O)CCC2CC2)c1. The van der Waals surface area contributed by atoms with Gasteiger partial charge in [0.15, 0.2) is 0 Å². The lowest BCUT2D eigenvalue weighted by molar-refractivity contribution is 0.676. The Labute approximate surface area is 87.0 Å². The third-order valence-corrected chi connectivity index (χ3v) is 3.92. The van der Waals surface area contributed by atoms with Gasteiger partial charge in [0.25, 0.3) is 0 Å². The molecule has 2 N–H and O–H groups in total. The first-order valence-corrected chi connectivity index (χ1v) is 6.31. The van der Waals surface area contributed by atoms with Crippen LogP contribution in [0, 0.1) is 5.92 Å². The summed E-state index contributed by atoms with van der Waals surface area (Å²) in [6.07, 6.45) is 3.75. The van der Waals surface area contributed by atoms with E-state index in [-0.39, 0.29) is 0 Å². The Balaban J connectivity index is 1.95. The molecule has 0 spiro atoms. The molecule has 0 heterocycles. The minimum Gasteiger partial charge on any atom is -0.399 e. The number of nitrogen functional groups attached to an aromatic ring is 1. The Hall–Kier alpha value is -0.830. The van der Waals surface area contributed by atoms with E-state index < -0.39 is 10.8 Å². The molecular formula is C11H15NOS. The summed E-state index contributed by atoms with van der Waals surface area (Å²) in [7, 11) is -0.854. The first kappa shape index (κ1) is 9.71. The summed E-state index contributed by atoms with van der Waals surface area (Å²) >= 11 is 0. The van der Waals surface area contributed by atoms with Gasteiger partial charge >= 0.3 is 0 Å². The van der Waals surface area contributed by atoms with Crippen LogP contribution in [0.25, 0.3) is 0 Å². The fraction of sp³-hybridized carbons (Fsp3) is 0.455. The molecule has 1 atom stereocenters. The van der Waals surface area contributed by atoms with Crippen LogP contribution in [0.4, 0.5) is 5.69 Å². The Bertz CT molecular complexity index is 347. The predicted molar refractivity (Wildman–Crippen MR) is 59.5 cm³/mol. The van der Waals surface area contributed by atoms with E-state index in [9.17, 15) is 4.21 Å². The Morgan fingerprint density at radius 1 is 1.43 bits per heavy atom. The highest BCUT2D eigenvalue weighted by Crippen LogP contribution is 2.32. The molecule has 14 heavy (non-hydrogen) atoms. The Morgan fingerprint density at radius 3 is 2.86 bits per heavy atom. The average Bonchev–Trinajstić information content (AvgIpc) is 2.97. The normalized spacial score (nSPS) is 18.0. The Morgan fingerprint density at radius 2 is 2.21 bits per heavy atom. The van der Waals surface area contributed by atoms with Gasteiger partial charge in [0.05, 0.1) is 10.8 Å². The van der Waals surface area contributed by atoms with E-state index in [1.807, 2.05) is 24.3 Å². The van der Waals surface area contributed by atoms with Crippen molar-refractivity contribution in [3.05, 3.63) is 24.3 Å². The first-order chi connectivity index (χ1) is 6.75. The molecule has 0 saturated heterocycles. The molecule has 1 aliphatic carbocycles. The van der Waals surface area contributed by atoms with Crippen molar-refractivity contribution in [1.82, 2.24) is 0 Å². The quantitative estimate of drug-likeness (QED) is 0.772. The third-order valence-electron chi connectivity index (χ3n) is 2.53. The summed E-state index contributed by atoms with van der Waals surface area (Å²) in [6.45, 7) is 0. The van der Waals surface area contributed by atoms with Gasteiger partial charge in [-0.05, 0) is 30.5 Å². The van der Waals surface area contributed by atoms with E-state index in [0.29, 0.717) is 5.69 Å². The zero-order valence-corrected chi connectivity index (χ0v) is 8.93. The highest BCUT2D eigenvalue weighted by atomic mass is 32.2. The minimum absolute atomic E-state index is 0.697. The van der Waals surface area contributed by atoms with Crippen molar-refractivity contribution in [3.8, 4) is 0 Å². The number of anilines is 1. The van der Waals surface area contributed by atoms with Gasteiger partial charge < -0.3 is 5.73 Å². The highest BCUT2D eigenvalue weighted by molar-refractivity contribution is 7.85. The number of nitrogens with two attached hydrogens (primary N) is 1. The lowest BCUT2D eigenvalue weighted by atomic mass is 10.3. The molecule has 1 saturated carbocycles. The van der Waals surface area contributed by atoms with Gasteiger partial charge in [-0.25, -0.2) is 0 Å². The molecule has 1 aromatic rings. The maximum Gasteiger partial charge on any atom is 0.0530 e. The first-order valence-electron chi connectivity index (χ1n) is 4.99. The lowest BCUT2D eigenvalue weighted by Crippen LogP contribution is -1.99. The topological polar surface area (TPSA) is 43.1 Å². The standard InChI is InChI=1S/C11H15NOS/c12-10-2-1-3-11(8-10)14(13)7-6-9-4-5-9/h1-3,8-9H,4-7,12H2. The molecule has 0 amide bonds. The van der Waals surface area contributed by atoms with Crippen LogP contribution >= 0.6 is 0 Å². The number of hydrogen-bond acceptors (Lipinski definition) is 2. The van der Waals surface area contributed by atoms with Gasteiger partial charge in [-0.1, -0.05) is 18.9 Å². The van der Waals surface area contributed by atoms with Crippen molar-refractivity contribution in [3.63, 3.8) is 0 Å². The molecule has 2 nitrogen and oxygen atoms in total. The minimum atomic E-state index is -0.854. The summed E-state index contributed by atoms with van der Waals surface area (Å²) in [5.74, 6) is 1.63. The van der Waals surface area contributed by atoms with Crippen LogP contribution in [-0.2, 0) is 10.8 Å². The second kappa shape index (κ2) is 4.13. The van der Waals surface area contributed by atoms with Crippen LogP contribution in [0.2, 0.25) is 0 Å². The number of hydrogen-bond donors (Lipinski definition) is 1. The van der Waals surface area contributed by atoms with Gasteiger partial charge in [0.2, 0.25) is 0 Å². The zero-order valence-electron chi connectivity index (χ0n) is 8.11.